The molecule has 0 spiro atoms. The van der Waals surface area contributed by atoms with Gasteiger partial charge in [-0.3, -0.25) is 9.59 Å². The topological polar surface area (TPSA) is 85.9 Å². The fourth-order valence-corrected chi connectivity index (χ4v) is 2.38. The minimum Gasteiger partial charge on any atom is -0.497 e. The average molecular weight is 393 g/mol. The molecule has 0 unspecified atom stereocenters. The Hall–Kier alpha value is -2.93. The van der Waals surface area contributed by atoms with E-state index >= 15 is 0 Å². The highest BCUT2D eigenvalue weighted by Crippen LogP contribution is 2.27. The van der Waals surface area contributed by atoms with Gasteiger partial charge in [0.1, 0.15) is 30.3 Å². The largest absolute Gasteiger partial charge is 0.497 e. The molecular weight excluding hydrogens is 372 g/mol. The van der Waals surface area contributed by atoms with E-state index < -0.39 is 11.8 Å². The molecular formula is C19H21ClN2O5. The van der Waals surface area contributed by atoms with Crippen molar-refractivity contribution in [3.8, 4) is 17.2 Å². The Morgan fingerprint density at radius 2 is 1.67 bits per heavy atom. The van der Waals surface area contributed by atoms with E-state index in [1.54, 1.807) is 49.6 Å². The number of methoxy groups -OCH3 is 2. The lowest BCUT2D eigenvalue weighted by Crippen LogP contribution is -2.31. The molecule has 0 fully saturated rings. The van der Waals surface area contributed by atoms with Crippen LogP contribution >= 0.6 is 11.6 Å². The van der Waals surface area contributed by atoms with Gasteiger partial charge in [-0.25, -0.2) is 0 Å². The van der Waals surface area contributed by atoms with Crippen LogP contribution in [-0.2, 0) is 9.59 Å². The number of amides is 2. The maximum absolute atomic E-state index is 12.0. The summed E-state index contributed by atoms with van der Waals surface area (Å²) in [6.07, 6.45) is -0.321. The highest BCUT2D eigenvalue weighted by molar-refractivity contribution is 6.31. The molecule has 2 amide bonds. The van der Waals surface area contributed by atoms with Crippen molar-refractivity contribution in [2.24, 2.45) is 0 Å². The quantitative estimate of drug-likeness (QED) is 0.506. The molecule has 0 aliphatic rings. The third-order valence-electron chi connectivity index (χ3n) is 3.51. The molecule has 7 nitrogen and oxygen atoms in total. The Morgan fingerprint density at radius 3 is 2.33 bits per heavy atom. The molecule has 8 heteroatoms. The summed E-state index contributed by atoms with van der Waals surface area (Å²) in [5.74, 6) is 0.978. The van der Waals surface area contributed by atoms with Crippen molar-refractivity contribution in [2.75, 3.05) is 32.7 Å². The van der Waals surface area contributed by atoms with Crippen molar-refractivity contribution in [1.82, 2.24) is 5.32 Å². The van der Waals surface area contributed by atoms with Crippen molar-refractivity contribution in [1.29, 1.82) is 0 Å². The number of halogens is 1. The van der Waals surface area contributed by atoms with Crippen molar-refractivity contribution >= 4 is 29.1 Å². The summed E-state index contributed by atoms with van der Waals surface area (Å²) in [5.41, 5.74) is 0.408. The lowest BCUT2D eigenvalue weighted by Gasteiger charge is -2.11. The van der Waals surface area contributed by atoms with Crippen molar-refractivity contribution in [3.63, 3.8) is 0 Å². The van der Waals surface area contributed by atoms with Crippen molar-refractivity contribution in [3.05, 3.63) is 47.5 Å². The van der Waals surface area contributed by atoms with E-state index in [2.05, 4.69) is 10.6 Å². The molecule has 0 saturated heterocycles. The van der Waals surface area contributed by atoms with Crippen LogP contribution in [0.5, 0.6) is 17.2 Å². The normalized spacial score (nSPS) is 10.0. The number of ether oxygens (including phenoxy) is 3. The highest BCUT2D eigenvalue weighted by atomic mass is 35.5. The van der Waals surface area contributed by atoms with Crippen LogP contribution in [0.2, 0.25) is 5.02 Å². The number of rotatable bonds is 9. The number of nitrogens with one attached hydrogen (secondary N) is 2. The summed E-state index contributed by atoms with van der Waals surface area (Å²) in [4.78, 5) is 23.9. The molecule has 27 heavy (non-hydrogen) atoms. The van der Waals surface area contributed by atoms with Crippen molar-refractivity contribution < 1.29 is 23.8 Å². The van der Waals surface area contributed by atoms with Gasteiger partial charge in [-0.05, 0) is 42.5 Å². The molecule has 144 valence electrons. The molecule has 0 aliphatic heterocycles. The Balaban J connectivity index is 1.72. The number of carbonyl (C=O) groups excluding carboxylic acids is 2. The van der Waals surface area contributed by atoms with Gasteiger partial charge in [-0.1, -0.05) is 11.6 Å². The van der Waals surface area contributed by atoms with Crippen LogP contribution in [0.25, 0.3) is 0 Å². The van der Waals surface area contributed by atoms with Crippen LogP contribution in [-0.4, -0.2) is 39.2 Å². The van der Waals surface area contributed by atoms with E-state index in [4.69, 9.17) is 25.8 Å². The zero-order valence-corrected chi connectivity index (χ0v) is 15.8. The monoisotopic (exact) mass is 392 g/mol. The van der Waals surface area contributed by atoms with Crippen LogP contribution < -0.4 is 24.8 Å². The third-order valence-corrected chi connectivity index (χ3v) is 3.74. The number of benzene rings is 2. The summed E-state index contributed by atoms with van der Waals surface area (Å²) < 4.78 is 15.7. The molecule has 2 aromatic rings. The lowest BCUT2D eigenvalue weighted by atomic mass is 10.2. The third kappa shape index (κ3) is 6.71. The molecule has 0 aliphatic carbocycles. The Labute approximate surface area is 162 Å². The second-order valence-electron chi connectivity index (χ2n) is 5.44. The first-order valence-electron chi connectivity index (χ1n) is 8.18. The molecule has 0 heterocycles. The first-order valence-corrected chi connectivity index (χ1v) is 8.56. The van der Waals surface area contributed by atoms with E-state index in [0.29, 0.717) is 22.2 Å². The van der Waals surface area contributed by atoms with E-state index in [0.717, 1.165) is 5.75 Å². The van der Waals surface area contributed by atoms with E-state index in [1.807, 2.05) is 0 Å². The maximum Gasteiger partial charge on any atom is 0.233 e. The van der Waals surface area contributed by atoms with Crippen LogP contribution in [0.3, 0.4) is 0 Å². The maximum atomic E-state index is 12.0. The molecule has 0 saturated carbocycles. The van der Waals surface area contributed by atoms with Gasteiger partial charge in [0.05, 0.1) is 26.5 Å². The predicted octanol–water partition coefficient (Wildman–Crippen LogP) is 2.88. The summed E-state index contributed by atoms with van der Waals surface area (Å²) in [6.45, 7) is 0.556. The molecule has 0 atom stereocenters. The number of anilines is 1. The molecule has 0 aromatic heterocycles. The molecule has 2 rings (SSSR count). The Bertz CT molecular complexity index is 780. The molecule has 0 radical (unpaired) electrons. The number of hydrogen-bond donors (Lipinski definition) is 2. The summed E-state index contributed by atoms with van der Waals surface area (Å²) in [5, 5.41) is 5.68. The summed E-state index contributed by atoms with van der Waals surface area (Å²) in [7, 11) is 3.07. The van der Waals surface area contributed by atoms with E-state index in [1.165, 1.54) is 7.11 Å². The fraction of sp³-hybridized carbons (Fsp3) is 0.263. The summed E-state index contributed by atoms with van der Waals surface area (Å²) in [6, 6.07) is 11.9. The smallest absolute Gasteiger partial charge is 0.233 e. The van der Waals surface area contributed by atoms with Gasteiger partial charge in [-0.15, -0.1) is 0 Å². The van der Waals surface area contributed by atoms with E-state index in [9.17, 15) is 9.59 Å². The Kier molecular flexibility index (Phi) is 7.76. The minimum absolute atomic E-state index is 0.276. The van der Waals surface area contributed by atoms with Gasteiger partial charge in [0.15, 0.2) is 0 Å². The van der Waals surface area contributed by atoms with Gasteiger partial charge in [0.2, 0.25) is 11.8 Å². The van der Waals surface area contributed by atoms with Gasteiger partial charge >= 0.3 is 0 Å². The minimum atomic E-state index is -0.468. The highest BCUT2D eigenvalue weighted by Gasteiger charge is 2.12. The first kappa shape index (κ1) is 20.4. The van der Waals surface area contributed by atoms with Gasteiger partial charge in [0, 0.05) is 5.02 Å². The molecule has 0 bridgehead atoms. The van der Waals surface area contributed by atoms with Gasteiger partial charge in [-0.2, -0.15) is 0 Å². The van der Waals surface area contributed by atoms with Crippen LogP contribution in [0, 0.1) is 0 Å². The average Bonchev–Trinajstić information content (AvgIpc) is 2.66. The van der Waals surface area contributed by atoms with Crippen LogP contribution in [0.1, 0.15) is 6.42 Å². The zero-order chi connectivity index (χ0) is 19.6. The van der Waals surface area contributed by atoms with Gasteiger partial charge in [0.25, 0.3) is 0 Å². The van der Waals surface area contributed by atoms with Crippen LogP contribution in [0.4, 0.5) is 5.69 Å². The standard InChI is InChI=1S/C19H21ClN2O5/c1-25-14-4-6-15(7-5-14)27-10-9-21-18(23)12-19(24)22-16-11-13(20)3-8-17(16)26-2/h3-8,11H,9-10,12H2,1-2H3,(H,21,23)(H,22,24). The SMILES string of the molecule is COc1ccc(OCCNC(=O)CC(=O)Nc2cc(Cl)ccc2OC)cc1. The zero-order valence-electron chi connectivity index (χ0n) is 15.1. The second kappa shape index (κ2) is 10.3. The van der Waals surface area contributed by atoms with Crippen molar-refractivity contribution in [2.45, 2.75) is 6.42 Å². The van der Waals surface area contributed by atoms with Crippen LogP contribution in [0.15, 0.2) is 42.5 Å². The van der Waals surface area contributed by atoms with Gasteiger partial charge < -0.3 is 24.8 Å². The summed E-state index contributed by atoms with van der Waals surface area (Å²) >= 11 is 5.91. The number of hydrogen-bond acceptors (Lipinski definition) is 5. The first-order chi connectivity index (χ1) is 13.0. The fourth-order valence-electron chi connectivity index (χ4n) is 2.21. The Morgan fingerprint density at radius 1 is 0.963 bits per heavy atom. The lowest BCUT2D eigenvalue weighted by molar-refractivity contribution is -0.126. The molecule has 2 N–H and O–H groups in total. The molecule has 2 aromatic carbocycles. The second-order valence-corrected chi connectivity index (χ2v) is 5.88. The predicted molar refractivity (Wildman–Crippen MR) is 103 cm³/mol. The number of carbonyl (C=O) groups is 2. The van der Waals surface area contributed by atoms with E-state index in [-0.39, 0.29) is 19.6 Å².